The maximum absolute atomic E-state index is 11.1. The molecule has 0 radical (unpaired) electrons. The average molecular weight is 217 g/mol. The molecule has 80 valence electrons. The Morgan fingerprint density at radius 1 is 1.50 bits per heavy atom. The van der Waals surface area contributed by atoms with E-state index in [1.807, 2.05) is 14.1 Å². The fourth-order valence-electron chi connectivity index (χ4n) is 1.04. The largest absolute Gasteiger partial charge is 0.309 e. The molecule has 7 heteroatoms. The summed E-state index contributed by atoms with van der Waals surface area (Å²) in [4.78, 5) is 13.2. The van der Waals surface area contributed by atoms with Crippen LogP contribution in [-0.4, -0.2) is 40.8 Å². The highest BCUT2D eigenvalue weighted by Crippen LogP contribution is 2.00. The highest BCUT2D eigenvalue weighted by molar-refractivity contribution is 6.99. The maximum atomic E-state index is 11.1. The Kier molecular flexibility index (Phi) is 4.05. The van der Waals surface area contributed by atoms with E-state index in [1.54, 1.807) is 0 Å². The van der Waals surface area contributed by atoms with Crippen LogP contribution in [0.4, 0.5) is 5.82 Å². The van der Waals surface area contributed by atoms with Gasteiger partial charge in [-0.25, -0.2) is 5.84 Å². The van der Waals surface area contributed by atoms with Gasteiger partial charge in [-0.2, -0.15) is 4.37 Å². The van der Waals surface area contributed by atoms with Gasteiger partial charge >= 0.3 is 5.56 Å². The van der Waals surface area contributed by atoms with Gasteiger partial charge < -0.3 is 4.90 Å². The number of hydrazine groups is 1. The van der Waals surface area contributed by atoms with Crippen LogP contribution in [0.1, 0.15) is 6.42 Å². The first kappa shape index (κ1) is 11.2. The predicted molar refractivity (Wildman–Crippen MR) is 57.4 cm³/mol. The minimum atomic E-state index is -0.220. The third-order valence-corrected chi connectivity index (χ3v) is 2.29. The molecule has 0 saturated heterocycles. The summed E-state index contributed by atoms with van der Waals surface area (Å²) in [7, 11) is 3.99. The van der Waals surface area contributed by atoms with Gasteiger partial charge in [0.15, 0.2) is 0 Å². The SMILES string of the molecule is CN(C)CCCN(N)c1ns[nH]c1=O. The van der Waals surface area contributed by atoms with Crippen LogP contribution in [0.3, 0.4) is 0 Å². The third kappa shape index (κ3) is 3.09. The summed E-state index contributed by atoms with van der Waals surface area (Å²) in [6.45, 7) is 1.57. The van der Waals surface area contributed by atoms with Crippen molar-refractivity contribution in [3.05, 3.63) is 10.4 Å². The number of aromatic nitrogens is 2. The number of hydrogen-bond acceptors (Lipinski definition) is 6. The van der Waals surface area contributed by atoms with Gasteiger partial charge in [0.05, 0.1) is 0 Å². The molecule has 3 N–H and O–H groups in total. The summed E-state index contributed by atoms with van der Waals surface area (Å²) in [5, 5.41) is 1.39. The van der Waals surface area contributed by atoms with E-state index >= 15 is 0 Å². The number of rotatable bonds is 5. The molecule has 0 bridgehead atoms. The van der Waals surface area contributed by atoms with Crippen LogP contribution in [0.25, 0.3) is 0 Å². The molecule has 1 aromatic rings. The normalized spacial score (nSPS) is 10.9. The van der Waals surface area contributed by atoms with Crippen molar-refractivity contribution in [1.29, 1.82) is 0 Å². The second-order valence-electron chi connectivity index (χ2n) is 3.29. The molecule has 0 aliphatic carbocycles. The van der Waals surface area contributed by atoms with Crippen molar-refractivity contribution in [2.24, 2.45) is 5.84 Å². The fraction of sp³-hybridized carbons (Fsp3) is 0.714. The molecule has 6 nitrogen and oxygen atoms in total. The van der Waals surface area contributed by atoms with E-state index in [4.69, 9.17) is 5.84 Å². The molecular weight excluding hydrogens is 202 g/mol. The molecule has 1 rings (SSSR count). The Balaban J connectivity index is 2.40. The Hall–Kier alpha value is -0.920. The molecule has 0 aliphatic rings. The van der Waals surface area contributed by atoms with E-state index in [0.717, 1.165) is 24.7 Å². The van der Waals surface area contributed by atoms with E-state index in [1.165, 1.54) is 5.01 Å². The molecule has 0 aromatic carbocycles. The Morgan fingerprint density at radius 2 is 2.21 bits per heavy atom. The molecule has 1 heterocycles. The van der Waals surface area contributed by atoms with Crippen LogP contribution < -0.4 is 16.4 Å². The summed E-state index contributed by atoms with van der Waals surface area (Å²) in [6.07, 6.45) is 0.903. The zero-order chi connectivity index (χ0) is 10.6. The molecule has 0 amide bonds. The summed E-state index contributed by atoms with van der Waals surface area (Å²) >= 11 is 1.01. The lowest BCUT2D eigenvalue weighted by Gasteiger charge is -2.15. The van der Waals surface area contributed by atoms with Gasteiger partial charge in [0.2, 0.25) is 5.82 Å². The lowest BCUT2D eigenvalue weighted by molar-refractivity contribution is 0.400. The van der Waals surface area contributed by atoms with Gasteiger partial charge in [-0.1, -0.05) is 0 Å². The third-order valence-electron chi connectivity index (χ3n) is 1.75. The molecule has 14 heavy (non-hydrogen) atoms. The van der Waals surface area contributed by atoms with Gasteiger partial charge in [-0.15, -0.1) is 0 Å². The second kappa shape index (κ2) is 5.08. The molecule has 0 aliphatic heterocycles. The number of H-pyrrole nitrogens is 1. The van der Waals surface area contributed by atoms with Gasteiger partial charge in [0.25, 0.3) is 0 Å². The zero-order valence-electron chi connectivity index (χ0n) is 8.36. The topological polar surface area (TPSA) is 78.2 Å². The quantitative estimate of drug-likeness (QED) is 0.512. The Morgan fingerprint density at radius 3 is 2.71 bits per heavy atom. The van der Waals surface area contributed by atoms with Crippen molar-refractivity contribution >= 4 is 17.5 Å². The maximum Gasteiger partial charge on any atom is 0.303 e. The highest BCUT2D eigenvalue weighted by Gasteiger charge is 2.08. The van der Waals surface area contributed by atoms with Crippen LogP contribution in [-0.2, 0) is 0 Å². The first-order chi connectivity index (χ1) is 6.61. The monoisotopic (exact) mass is 217 g/mol. The minimum absolute atomic E-state index is 0.220. The smallest absolute Gasteiger partial charge is 0.303 e. The average Bonchev–Trinajstić information content (AvgIpc) is 2.50. The number of aromatic amines is 1. The number of hydrogen-bond donors (Lipinski definition) is 2. The second-order valence-corrected chi connectivity index (χ2v) is 3.86. The molecule has 0 unspecified atom stereocenters. The van der Waals surface area contributed by atoms with Crippen LogP contribution in [0.2, 0.25) is 0 Å². The van der Waals surface area contributed by atoms with Crippen molar-refractivity contribution in [3.8, 4) is 0 Å². The molecule has 0 saturated carbocycles. The van der Waals surface area contributed by atoms with Crippen molar-refractivity contribution in [3.63, 3.8) is 0 Å². The highest BCUT2D eigenvalue weighted by atomic mass is 32.1. The predicted octanol–water partition coefficient (Wildman–Crippen LogP) is -0.537. The first-order valence-electron chi connectivity index (χ1n) is 4.32. The molecule has 0 spiro atoms. The number of nitrogens with two attached hydrogens (primary N) is 1. The Bertz CT molecular complexity index is 320. The van der Waals surface area contributed by atoms with Gasteiger partial charge in [-0.05, 0) is 27.1 Å². The van der Waals surface area contributed by atoms with Crippen LogP contribution >= 0.6 is 11.7 Å². The van der Waals surface area contributed by atoms with E-state index in [-0.39, 0.29) is 5.56 Å². The summed E-state index contributed by atoms with van der Waals surface area (Å²) in [5.74, 6) is 5.97. The lowest BCUT2D eigenvalue weighted by atomic mass is 10.4. The zero-order valence-corrected chi connectivity index (χ0v) is 9.17. The van der Waals surface area contributed by atoms with E-state index < -0.39 is 0 Å². The standard InChI is InChI=1S/C7H15N5OS/c1-11(2)4-3-5-12(8)6-7(13)10-14-9-6/h3-5,8H2,1-2H3,(H,10,13). The van der Waals surface area contributed by atoms with Gasteiger partial charge in [-0.3, -0.25) is 14.2 Å². The minimum Gasteiger partial charge on any atom is -0.309 e. The van der Waals surface area contributed by atoms with E-state index in [9.17, 15) is 4.79 Å². The number of anilines is 1. The Labute approximate surface area is 86.6 Å². The van der Waals surface area contributed by atoms with E-state index in [0.29, 0.717) is 12.4 Å². The lowest BCUT2D eigenvalue weighted by Crippen LogP contribution is -2.36. The van der Waals surface area contributed by atoms with Crippen molar-refractivity contribution in [1.82, 2.24) is 13.6 Å². The van der Waals surface area contributed by atoms with Gasteiger partial charge in [0.1, 0.15) is 0 Å². The summed E-state index contributed by atoms with van der Waals surface area (Å²) in [6, 6.07) is 0. The molecule has 0 atom stereocenters. The van der Waals surface area contributed by atoms with Crippen LogP contribution in [0.15, 0.2) is 4.79 Å². The molecular formula is C7H15N5OS. The van der Waals surface area contributed by atoms with Crippen LogP contribution in [0, 0.1) is 0 Å². The number of nitrogens with one attached hydrogen (secondary N) is 1. The van der Waals surface area contributed by atoms with Crippen molar-refractivity contribution in [2.45, 2.75) is 6.42 Å². The summed E-state index contributed by atoms with van der Waals surface area (Å²) in [5.41, 5.74) is -0.220. The number of nitrogens with zero attached hydrogens (tertiary/aromatic N) is 3. The first-order valence-corrected chi connectivity index (χ1v) is 5.10. The van der Waals surface area contributed by atoms with Crippen molar-refractivity contribution in [2.75, 3.05) is 32.2 Å². The van der Waals surface area contributed by atoms with Gasteiger partial charge in [0, 0.05) is 18.3 Å². The summed E-state index contributed by atoms with van der Waals surface area (Å²) < 4.78 is 6.37. The van der Waals surface area contributed by atoms with Crippen molar-refractivity contribution < 1.29 is 0 Å². The fourth-order valence-corrected chi connectivity index (χ4v) is 1.53. The molecule has 1 aromatic heterocycles. The van der Waals surface area contributed by atoms with E-state index in [2.05, 4.69) is 13.6 Å². The van der Waals surface area contributed by atoms with Crippen LogP contribution in [0.5, 0.6) is 0 Å². The molecule has 0 fully saturated rings.